The molecule has 0 fully saturated rings. The summed E-state index contributed by atoms with van der Waals surface area (Å²) in [6.45, 7) is 22.4. The molecule has 2 heteroatoms. The summed E-state index contributed by atoms with van der Waals surface area (Å²) < 4.78 is 0. The zero-order valence-electron chi connectivity index (χ0n) is 31.3. The molecule has 0 amide bonds. The lowest BCUT2D eigenvalue weighted by molar-refractivity contribution is 0.893. The van der Waals surface area contributed by atoms with Gasteiger partial charge >= 0.3 is 0 Å². The summed E-state index contributed by atoms with van der Waals surface area (Å²) in [5.74, 6) is 0.362. The van der Waals surface area contributed by atoms with Gasteiger partial charge in [-0.2, -0.15) is 0 Å². The van der Waals surface area contributed by atoms with E-state index in [1.807, 2.05) is 0 Å². The van der Waals surface area contributed by atoms with Crippen LogP contribution in [0, 0.1) is 55.4 Å². The van der Waals surface area contributed by atoms with E-state index in [2.05, 4.69) is 166 Å². The summed E-state index contributed by atoms with van der Waals surface area (Å²) in [6, 6.07) is 35.8. The highest BCUT2D eigenvalue weighted by molar-refractivity contribution is 6.61. The molecule has 0 radical (unpaired) electrons. The second-order valence-corrected chi connectivity index (χ2v) is 14.8. The highest BCUT2D eigenvalue weighted by atomic mass is 14.8. The first-order valence-corrected chi connectivity index (χ1v) is 18.0. The molecule has 6 aromatic rings. The molecule has 1 aliphatic rings. The zero-order chi connectivity index (χ0) is 35.4. The van der Waals surface area contributed by atoms with Gasteiger partial charge in [-0.05, 0) is 117 Å². The van der Waals surface area contributed by atoms with E-state index in [0.717, 1.165) is 33.9 Å². The van der Waals surface area contributed by atoms with Crippen molar-refractivity contribution in [3.05, 3.63) is 175 Å². The van der Waals surface area contributed by atoms with E-state index in [4.69, 9.17) is 9.98 Å². The maximum Gasteiger partial charge on any atom is 0.0978 e. The Bertz CT molecular complexity index is 2180. The van der Waals surface area contributed by atoms with Crippen LogP contribution in [-0.2, 0) is 0 Å². The van der Waals surface area contributed by atoms with Crippen molar-refractivity contribution in [2.45, 2.75) is 81.1 Å². The van der Waals surface area contributed by atoms with Gasteiger partial charge in [-0.1, -0.05) is 121 Å². The van der Waals surface area contributed by atoms with Crippen LogP contribution in [0.25, 0.3) is 10.8 Å². The molecule has 0 saturated carbocycles. The average Bonchev–Trinajstić information content (AvgIpc) is 3.34. The molecule has 0 spiro atoms. The molecule has 7 rings (SSSR count). The van der Waals surface area contributed by atoms with Crippen molar-refractivity contribution in [1.82, 2.24) is 0 Å². The molecule has 1 aliphatic carbocycles. The molecule has 50 heavy (non-hydrogen) atoms. The van der Waals surface area contributed by atoms with Crippen LogP contribution in [0.15, 0.2) is 107 Å². The van der Waals surface area contributed by atoms with Gasteiger partial charge in [0.15, 0.2) is 0 Å². The largest absolute Gasteiger partial charge is 0.246 e. The second-order valence-electron chi connectivity index (χ2n) is 14.8. The third-order valence-corrected chi connectivity index (χ3v) is 10.7. The van der Waals surface area contributed by atoms with Crippen LogP contribution in [-0.4, -0.2) is 11.4 Å². The molecule has 250 valence electrons. The van der Waals surface area contributed by atoms with Gasteiger partial charge < -0.3 is 0 Å². The van der Waals surface area contributed by atoms with Crippen LogP contribution >= 0.6 is 0 Å². The van der Waals surface area contributed by atoms with Crippen molar-refractivity contribution >= 4 is 33.6 Å². The van der Waals surface area contributed by atoms with E-state index in [0.29, 0.717) is 0 Å². The molecule has 2 atom stereocenters. The van der Waals surface area contributed by atoms with E-state index in [1.54, 1.807) is 0 Å². The second kappa shape index (κ2) is 13.0. The molecule has 0 saturated heterocycles. The van der Waals surface area contributed by atoms with Gasteiger partial charge in [-0.25, -0.2) is 9.98 Å². The van der Waals surface area contributed by atoms with E-state index in [-0.39, 0.29) is 11.8 Å². The van der Waals surface area contributed by atoms with E-state index < -0.39 is 0 Å². The lowest BCUT2D eigenvalue weighted by Gasteiger charge is -2.22. The molecule has 2 unspecified atom stereocenters. The topological polar surface area (TPSA) is 24.7 Å². The van der Waals surface area contributed by atoms with Gasteiger partial charge in [0.05, 0.1) is 22.8 Å². The maximum absolute atomic E-state index is 5.61. The molecular weight excluding hydrogens is 605 g/mol. The number of benzene rings is 6. The van der Waals surface area contributed by atoms with Crippen molar-refractivity contribution in [2.24, 2.45) is 9.98 Å². The SMILES string of the molecule is Cc1cc(C)c(C(C)c2cc(C)ccc2/N=C2/C(=N/c3ccc(C)cc3C(C)c3c(C)cc(C)cc3C)c3cccc4cccc2c34)c(C)c1. The monoisotopic (exact) mass is 652 g/mol. The average molecular weight is 653 g/mol. The number of hydrogen-bond acceptors (Lipinski definition) is 2. The Morgan fingerprint density at radius 1 is 0.420 bits per heavy atom. The van der Waals surface area contributed by atoms with Gasteiger partial charge in [0, 0.05) is 28.3 Å². The number of aryl methyl sites for hydroxylation is 8. The van der Waals surface area contributed by atoms with Crippen LogP contribution in [0.1, 0.15) is 104 Å². The standard InChI is InChI=1S/C48H48N2/c1-27-17-19-42(40(25-27)35(9)44-31(5)21-29(3)22-32(44)6)49-47-38-15-11-13-37-14-12-16-39(46(37)38)48(47)50-43-20-18-28(2)26-41(43)36(10)45-33(7)23-30(4)24-34(45)8/h11-26,35-36H,1-10H3/b49-47+,50-48+. The third kappa shape index (κ3) is 5.92. The first-order chi connectivity index (χ1) is 23.9. The molecule has 6 aromatic carbocycles. The van der Waals surface area contributed by atoms with Crippen molar-refractivity contribution in [3.8, 4) is 0 Å². The van der Waals surface area contributed by atoms with Crippen molar-refractivity contribution in [3.63, 3.8) is 0 Å². The summed E-state index contributed by atoms with van der Waals surface area (Å²) in [5.41, 5.74) is 21.8. The Hall–Kier alpha value is -5.08. The zero-order valence-corrected chi connectivity index (χ0v) is 31.3. The van der Waals surface area contributed by atoms with Gasteiger partial charge in [0.1, 0.15) is 0 Å². The molecular formula is C48H48N2. The minimum atomic E-state index is 0.181. The summed E-state index contributed by atoms with van der Waals surface area (Å²) in [5, 5.41) is 2.44. The van der Waals surface area contributed by atoms with Crippen LogP contribution < -0.4 is 0 Å². The molecule has 2 nitrogen and oxygen atoms in total. The van der Waals surface area contributed by atoms with Gasteiger partial charge in [0.25, 0.3) is 0 Å². The fraction of sp³-hybridized carbons (Fsp3) is 0.250. The van der Waals surface area contributed by atoms with Crippen molar-refractivity contribution in [2.75, 3.05) is 0 Å². The molecule has 0 heterocycles. The lowest BCUT2D eigenvalue weighted by atomic mass is 9.84. The summed E-state index contributed by atoms with van der Waals surface area (Å²) in [4.78, 5) is 11.2. The highest BCUT2D eigenvalue weighted by Gasteiger charge is 2.29. The lowest BCUT2D eigenvalue weighted by Crippen LogP contribution is -2.11. The molecule has 0 aromatic heterocycles. The van der Waals surface area contributed by atoms with Gasteiger partial charge in [0.2, 0.25) is 0 Å². The van der Waals surface area contributed by atoms with Crippen LogP contribution in [0.5, 0.6) is 0 Å². The fourth-order valence-corrected chi connectivity index (χ4v) is 8.76. The summed E-state index contributed by atoms with van der Waals surface area (Å²) >= 11 is 0. The highest BCUT2D eigenvalue weighted by Crippen LogP contribution is 2.41. The van der Waals surface area contributed by atoms with E-state index in [1.165, 1.54) is 77.5 Å². The Labute approximate surface area is 298 Å². The maximum atomic E-state index is 5.61. The predicted octanol–water partition coefficient (Wildman–Crippen LogP) is 12.9. The van der Waals surface area contributed by atoms with Gasteiger partial charge in [-0.15, -0.1) is 0 Å². The first kappa shape index (κ1) is 33.4. The normalized spacial score (nSPS) is 15.3. The van der Waals surface area contributed by atoms with E-state index in [9.17, 15) is 0 Å². The molecule has 0 N–H and O–H groups in total. The van der Waals surface area contributed by atoms with Crippen LogP contribution in [0.2, 0.25) is 0 Å². The minimum absolute atomic E-state index is 0.181. The van der Waals surface area contributed by atoms with Gasteiger partial charge in [-0.3, -0.25) is 0 Å². The number of nitrogens with zero attached hydrogens (tertiary/aromatic N) is 2. The van der Waals surface area contributed by atoms with E-state index >= 15 is 0 Å². The fourth-order valence-electron chi connectivity index (χ4n) is 8.76. The summed E-state index contributed by atoms with van der Waals surface area (Å²) in [7, 11) is 0. The predicted molar refractivity (Wildman–Crippen MR) is 215 cm³/mol. The number of hydrogen-bond donors (Lipinski definition) is 0. The Morgan fingerprint density at radius 2 is 0.800 bits per heavy atom. The Balaban J connectivity index is 1.45. The number of aliphatic imine (C=N–C) groups is 2. The third-order valence-electron chi connectivity index (χ3n) is 10.7. The summed E-state index contributed by atoms with van der Waals surface area (Å²) in [6.07, 6.45) is 0. The minimum Gasteiger partial charge on any atom is -0.246 e. The Morgan fingerprint density at radius 3 is 1.18 bits per heavy atom. The number of rotatable bonds is 6. The Kier molecular flexibility index (Phi) is 8.68. The smallest absolute Gasteiger partial charge is 0.0978 e. The van der Waals surface area contributed by atoms with Crippen molar-refractivity contribution < 1.29 is 0 Å². The molecule has 0 aliphatic heterocycles. The quantitative estimate of drug-likeness (QED) is 0.171. The first-order valence-electron chi connectivity index (χ1n) is 18.0. The van der Waals surface area contributed by atoms with Crippen LogP contribution in [0.3, 0.4) is 0 Å². The van der Waals surface area contributed by atoms with Crippen LogP contribution in [0.4, 0.5) is 11.4 Å². The molecule has 0 bridgehead atoms. The van der Waals surface area contributed by atoms with Crippen molar-refractivity contribution in [1.29, 1.82) is 0 Å².